The van der Waals surface area contributed by atoms with Crippen LogP contribution in [0, 0.1) is 5.92 Å². The van der Waals surface area contributed by atoms with E-state index in [1.165, 1.54) is 0 Å². The number of nitrogens with zero attached hydrogens (tertiary/aromatic N) is 1. The molecule has 0 unspecified atom stereocenters. The second-order valence-electron chi connectivity index (χ2n) is 8.17. The van der Waals surface area contributed by atoms with Gasteiger partial charge in [-0.1, -0.05) is 44.2 Å². The number of fused-ring (bicyclic) bond motifs is 1. The van der Waals surface area contributed by atoms with Crippen LogP contribution in [0.15, 0.2) is 54.6 Å². The highest BCUT2D eigenvalue weighted by Gasteiger charge is 2.46. The quantitative estimate of drug-likeness (QED) is 0.535. The number of hydrogen-bond donors (Lipinski definition) is 1. The van der Waals surface area contributed by atoms with Gasteiger partial charge in [-0.15, -0.1) is 0 Å². The summed E-state index contributed by atoms with van der Waals surface area (Å²) in [4.78, 5) is 52.5. The minimum Gasteiger partial charge on any atom is -0.458 e. The van der Waals surface area contributed by atoms with Crippen LogP contribution in [0.25, 0.3) is 0 Å². The third-order valence-corrected chi connectivity index (χ3v) is 6.78. The molecular formula is C24H24N2O5S. The Morgan fingerprint density at radius 2 is 1.56 bits per heavy atom. The molecule has 166 valence electrons. The lowest BCUT2D eigenvalue weighted by Gasteiger charge is -2.30. The number of rotatable bonds is 6. The van der Waals surface area contributed by atoms with Gasteiger partial charge >= 0.3 is 5.97 Å². The first-order valence-corrected chi connectivity index (χ1v) is 11.6. The number of esters is 1. The minimum atomic E-state index is -1.04. The van der Waals surface area contributed by atoms with Crippen molar-refractivity contribution >= 4 is 35.5 Å². The molecule has 0 saturated carbocycles. The van der Waals surface area contributed by atoms with Crippen molar-refractivity contribution < 1.29 is 23.9 Å². The van der Waals surface area contributed by atoms with Crippen molar-refractivity contribution in [2.75, 3.05) is 11.5 Å². The molecule has 4 rings (SSSR count). The third kappa shape index (κ3) is 4.14. The molecule has 0 bridgehead atoms. The van der Waals surface area contributed by atoms with Gasteiger partial charge in [-0.2, -0.15) is 11.8 Å². The van der Waals surface area contributed by atoms with Crippen LogP contribution in [0.4, 0.5) is 0 Å². The smallest absolute Gasteiger partial charge is 0.330 e. The number of benzene rings is 2. The zero-order chi connectivity index (χ0) is 22.8. The van der Waals surface area contributed by atoms with Gasteiger partial charge in [0.25, 0.3) is 17.7 Å². The molecule has 3 atom stereocenters. The lowest BCUT2D eigenvalue weighted by Crippen LogP contribution is -2.51. The standard InChI is InChI=1S/C24H24N2O5S/c1-14(2)20(26-22(28)16-10-6-7-11-17(16)23(26)29)24(30)31-19-13-32-12-18(19)25-21(27)15-8-4-3-5-9-15/h3-11,14,18-20H,12-13H2,1-2H3,(H,25,27)/t18-,19+,20+/m0/s1. The van der Waals surface area contributed by atoms with Crippen molar-refractivity contribution in [3.05, 3.63) is 71.3 Å². The summed E-state index contributed by atoms with van der Waals surface area (Å²) in [6.07, 6.45) is -0.545. The molecule has 2 aromatic carbocycles. The minimum absolute atomic E-state index is 0.236. The number of hydrogen-bond acceptors (Lipinski definition) is 6. The summed E-state index contributed by atoms with van der Waals surface area (Å²) in [6, 6.07) is 14.0. The summed E-state index contributed by atoms with van der Waals surface area (Å²) >= 11 is 1.57. The molecule has 8 heteroatoms. The first kappa shape index (κ1) is 22.1. The molecule has 7 nitrogen and oxygen atoms in total. The van der Waals surface area contributed by atoms with Gasteiger partial charge in [0.1, 0.15) is 12.1 Å². The zero-order valence-corrected chi connectivity index (χ0v) is 18.6. The Morgan fingerprint density at radius 1 is 0.969 bits per heavy atom. The van der Waals surface area contributed by atoms with Crippen molar-refractivity contribution in [1.29, 1.82) is 0 Å². The lowest BCUT2D eigenvalue weighted by atomic mass is 10.0. The van der Waals surface area contributed by atoms with E-state index in [0.29, 0.717) is 28.2 Å². The lowest BCUT2D eigenvalue weighted by molar-refractivity contribution is -0.155. The van der Waals surface area contributed by atoms with Crippen LogP contribution >= 0.6 is 11.8 Å². The van der Waals surface area contributed by atoms with Crippen molar-refractivity contribution in [3.63, 3.8) is 0 Å². The number of thioether (sulfide) groups is 1. The number of amides is 3. The average Bonchev–Trinajstić information content (AvgIpc) is 3.32. The highest BCUT2D eigenvalue weighted by atomic mass is 32.2. The molecule has 32 heavy (non-hydrogen) atoms. The Bertz CT molecular complexity index is 1020. The number of nitrogens with one attached hydrogen (secondary N) is 1. The number of ether oxygens (including phenoxy) is 1. The molecule has 0 spiro atoms. The van der Waals surface area contributed by atoms with Crippen molar-refractivity contribution in [3.8, 4) is 0 Å². The normalized spacial score (nSPS) is 20.9. The fraction of sp³-hybridized carbons (Fsp3) is 0.333. The first-order valence-electron chi connectivity index (χ1n) is 10.5. The zero-order valence-electron chi connectivity index (χ0n) is 17.8. The summed E-state index contributed by atoms with van der Waals surface area (Å²) in [5.74, 6) is -1.06. The summed E-state index contributed by atoms with van der Waals surface area (Å²) in [7, 11) is 0. The Morgan fingerprint density at radius 3 is 2.16 bits per heavy atom. The van der Waals surface area contributed by atoms with Gasteiger partial charge in [0.2, 0.25) is 0 Å². The SMILES string of the molecule is CC(C)[C@H](C(=O)O[C@@H]1CSC[C@@H]1NC(=O)c1ccccc1)N1C(=O)c2ccccc2C1=O. The van der Waals surface area contributed by atoms with Gasteiger partial charge < -0.3 is 10.1 Å². The van der Waals surface area contributed by atoms with Crippen LogP contribution < -0.4 is 5.32 Å². The maximum Gasteiger partial charge on any atom is 0.330 e. The Hall–Kier alpha value is -3.13. The monoisotopic (exact) mass is 452 g/mol. The summed E-state index contributed by atoms with van der Waals surface area (Å²) < 4.78 is 5.77. The van der Waals surface area contributed by atoms with Crippen molar-refractivity contribution in [1.82, 2.24) is 10.2 Å². The summed E-state index contributed by atoms with van der Waals surface area (Å²) in [5, 5.41) is 2.94. The molecule has 0 radical (unpaired) electrons. The molecule has 1 N–H and O–H groups in total. The second kappa shape index (κ2) is 9.16. The van der Waals surface area contributed by atoms with Gasteiger partial charge in [0.05, 0.1) is 17.2 Å². The van der Waals surface area contributed by atoms with E-state index < -0.39 is 29.9 Å². The average molecular weight is 453 g/mol. The van der Waals surface area contributed by atoms with Gasteiger partial charge in [0.15, 0.2) is 0 Å². The fourth-order valence-electron chi connectivity index (χ4n) is 3.98. The van der Waals surface area contributed by atoms with Crippen LogP contribution in [0.1, 0.15) is 44.9 Å². The van der Waals surface area contributed by atoms with E-state index in [1.54, 1.807) is 74.1 Å². The highest BCUT2D eigenvalue weighted by molar-refractivity contribution is 7.99. The molecule has 2 aliphatic rings. The number of carbonyl (C=O) groups excluding carboxylic acids is 4. The predicted molar refractivity (Wildman–Crippen MR) is 120 cm³/mol. The van der Waals surface area contributed by atoms with E-state index in [0.717, 1.165) is 4.90 Å². The molecule has 2 aliphatic heterocycles. The van der Waals surface area contributed by atoms with Crippen LogP contribution in [0.2, 0.25) is 0 Å². The van der Waals surface area contributed by atoms with Gasteiger partial charge in [-0.3, -0.25) is 19.3 Å². The topological polar surface area (TPSA) is 92.8 Å². The molecule has 0 aromatic heterocycles. The molecular weight excluding hydrogens is 428 g/mol. The third-order valence-electron chi connectivity index (χ3n) is 5.62. The van der Waals surface area contributed by atoms with Crippen molar-refractivity contribution in [2.45, 2.75) is 32.0 Å². The van der Waals surface area contributed by atoms with E-state index in [1.807, 2.05) is 6.07 Å². The number of imide groups is 1. The Labute approximate surface area is 190 Å². The summed E-state index contributed by atoms with van der Waals surface area (Å²) in [6.45, 7) is 3.54. The maximum absolute atomic E-state index is 13.2. The molecule has 1 saturated heterocycles. The van der Waals surface area contributed by atoms with Crippen LogP contribution in [-0.2, 0) is 9.53 Å². The fourth-order valence-corrected chi connectivity index (χ4v) is 5.20. The van der Waals surface area contributed by atoms with E-state index in [-0.39, 0.29) is 17.9 Å². The molecule has 1 fully saturated rings. The Balaban J connectivity index is 1.48. The van der Waals surface area contributed by atoms with E-state index >= 15 is 0 Å². The summed E-state index contributed by atoms with van der Waals surface area (Å²) in [5.41, 5.74) is 1.11. The molecule has 0 aliphatic carbocycles. The second-order valence-corrected chi connectivity index (χ2v) is 9.25. The van der Waals surface area contributed by atoms with Gasteiger partial charge in [0, 0.05) is 17.1 Å². The van der Waals surface area contributed by atoms with E-state index in [9.17, 15) is 19.2 Å². The first-order chi connectivity index (χ1) is 15.4. The maximum atomic E-state index is 13.2. The number of carbonyl (C=O) groups is 4. The van der Waals surface area contributed by atoms with Gasteiger partial charge in [-0.05, 0) is 30.2 Å². The van der Waals surface area contributed by atoms with Crippen LogP contribution in [0.5, 0.6) is 0 Å². The predicted octanol–water partition coefficient (Wildman–Crippen LogP) is 2.76. The molecule has 2 heterocycles. The van der Waals surface area contributed by atoms with E-state index in [4.69, 9.17) is 4.74 Å². The molecule has 3 amide bonds. The highest BCUT2D eigenvalue weighted by Crippen LogP contribution is 2.29. The van der Waals surface area contributed by atoms with Gasteiger partial charge in [-0.25, -0.2) is 4.79 Å². The van der Waals surface area contributed by atoms with Crippen molar-refractivity contribution in [2.24, 2.45) is 5.92 Å². The van der Waals surface area contributed by atoms with Crippen LogP contribution in [-0.4, -0.2) is 58.3 Å². The Kier molecular flexibility index (Phi) is 6.32. The molecule has 2 aromatic rings. The van der Waals surface area contributed by atoms with E-state index in [2.05, 4.69) is 5.32 Å². The largest absolute Gasteiger partial charge is 0.458 e. The van der Waals surface area contributed by atoms with Crippen LogP contribution in [0.3, 0.4) is 0 Å².